The third-order valence-corrected chi connectivity index (χ3v) is 3.28. The molecule has 1 aromatic rings. The minimum atomic E-state index is -0.214. The number of hydrogen-bond donors (Lipinski definition) is 2. The van der Waals surface area contributed by atoms with Crippen molar-refractivity contribution in [2.45, 2.75) is 32.7 Å². The van der Waals surface area contributed by atoms with E-state index in [9.17, 15) is 4.39 Å². The topological polar surface area (TPSA) is 38.0 Å². The molecule has 0 saturated heterocycles. The van der Waals surface area contributed by atoms with Crippen LogP contribution in [-0.2, 0) is 0 Å². The van der Waals surface area contributed by atoms with Crippen molar-refractivity contribution in [1.29, 1.82) is 0 Å². The number of rotatable bonds is 5. The second-order valence-corrected chi connectivity index (χ2v) is 4.99. The van der Waals surface area contributed by atoms with Gasteiger partial charge in [-0.05, 0) is 30.5 Å². The number of hydrazine groups is 1. The summed E-state index contributed by atoms with van der Waals surface area (Å²) in [7, 11) is 0. The van der Waals surface area contributed by atoms with Crippen LogP contribution >= 0.6 is 15.9 Å². The van der Waals surface area contributed by atoms with E-state index in [0.717, 1.165) is 17.3 Å². The maximum atomic E-state index is 13.7. The van der Waals surface area contributed by atoms with Crippen LogP contribution in [0, 0.1) is 11.7 Å². The van der Waals surface area contributed by atoms with E-state index in [1.807, 2.05) is 0 Å². The molecule has 16 heavy (non-hydrogen) atoms. The van der Waals surface area contributed by atoms with Gasteiger partial charge in [0.25, 0.3) is 0 Å². The first-order chi connectivity index (χ1) is 7.60. The van der Waals surface area contributed by atoms with E-state index in [4.69, 9.17) is 5.84 Å². The van der Waals surface area contributed by atoms with E-state index < -0.39 is 0 Å². The highest BCUT2D eigenvalue weighted by atomic mass is 79.9. The SMILES string of the molecule is CCCC(C)C(NN)c1cc(Br)ccc1F. The Balaban J connectivity index is 2.98. The van der Waals surface area contributed by atoms with Crippen molar-refractivity contribution in [1.82, 2.24) is 5.43 Å². The van der Waals surface area contributed by atoms with Crippen molar-refractivity contribution in [2.75, 3.05) is 0 Å². The zero-order valence-corrected chi connectivity index (χ0v) is 11.2. The lowest BCUT2D eigenvalue weighted by Gasteiger charge is -2.24. The highest BCUT2D eigenvalue weighted by Gasteiger charge is 2.20. The molecule has 1 aromatic carbocycles. The molecule has 0 radical (unpaired) electrons. The Labute approximate surface area is 105 Å². The molecule has 1 rings (SSSR count). The second-order valence-electron chi connectivity index (χ2n) is 4.08. The standard InChI is InChI=1S/C12H18BrFN2/c1-3-4-8(2)12(16-15)10-7-9(13)5-6-11(10)14/h5-8,12,16H,3-4,15H2,1-2H3. The van der Waals surface area contributed by atoms with Gasteiger partial charge < -0.3 is 0 Å². The fraction of sp³-hybridized carbons (Fsp3) is 0.500. The summed E-state index contributed by atoms with van der Waals surface area (Å²) >= 11 is 3.35. The van der Waals surface area contributed by atoms with Crippen LogP contribution in [0.4, 0.5) is 4.39 Å². The molecule has 0 amide bonds. The van der Waals surface area contributed by atoms with Gasteiger partial charge in [0.1, 0.15) is 5.82 Å². The first-order valence-corrected chi connectivity index (χ1v) is 6.30. The fourth-order valence-electron chi connectivity index (χ4n) is 1.94. The molecule has 0 aliphatic heterocycles. The van der Waals surface area contributed by atoms with Crippen molar-refractivity contribution in [3.63, 3.8) is 0 Å². The van der Waals surface area contributed by atoms with Gasteiger partial charge in [-0.2, -0.15) is 0 Å². The summed E-state index contributed by atoms with van der Waals surface area (Å²) in [5, 5.41) is 0. The van der Waals surface area contributed by atoms with Gasteiger partial charge in [0.05, 0.1) is 6.04 Å². The summed E-state index contributed by atoms with van der Waals surface area (Å²) in [5.74, 6) is 5.61. The van der Waals surface area contributed by atoms with Crippen LogP contribution in [-0.4, -0.2) is 0 Å². The molecule has 2 unspecified atom stereocenters. The van der Waals surface area contributed by atoms with E-state index in [0.29, 0.717) is 11.5 Å². The van der Waals surface area contributed by atoms with E-state index >= 15 is 0 Å². The van der Waals surface area contributed by atoms with Gasteiger partial charge in [-0.25, -0.2) is 4.39 Å². The largest absolute Gasteiger partial charge is 0.271 e. The summed E-state index contributed by atoms with van der Waals surface area (Å²) in [6.07, 6.45) is 2.08. The molecule has 0 fully saturated rings. The highest BCUT2D eigenvalue weighted by molar-refractivity contribution is 9.10. The highest BCUT2D eigenvalue weighted by Crippen LogP contribution is 2.28. The normalized spacial score (nSPS) is 14.8. The maximum absolute atomic E-state index is 13.7. The minimum absolute atomic E-state index is 0.141. The number of halogens is 2. The van der Waals surface area contributed by atoms with Crippen molar-refractivity contribution >= 4 is 15.9 Å². The summed E-state index contributed by atoms with van der Waals surface area (Å²) < 4.78 is 14.6. The van der Waals surface area contributed by atoms with Gasteiger partial charge in [-0.15, -0.1) is 0 Å². The van der Waals surface area contributed by atoms with Crippen molar-refractivity contribution < 1.29 is 4.39 Å². The number of nitrogens with two attached hydrogens (primary N) is 1. The van der Waals surface area contributed by atoms with Crippen molar-refractivity contribution in [2.24, 2.45) is 11.8 Å². The number of hydrogen-bond acceptors (Lipinski definition) is 2. The average molecular weight is 289 g/mol. The molecule has 3 N–H and O–H groups in total. The molecule has 2 atom stereocenters. The third-order valence-electron chi connectivity index (χ3n) is 2.79. The Morgan fingerprint density at radius 3 is 2.75 bits per heavy atom. The molecule has 0 saturated carbocycles. The van der Waals surface area contributed by atoms with E-state index in [1.54, 1.807) is 12.1 Å². The summed E-state index contributed by atoms with van der Waals surface area (Å²) in [6, 6.07) is 4.79. The Morgan fingerprint density at radius 2 is 2.19 bits per heavy atom. The van der Waals surface area contributed by atoms with Crippen LogP contribution in [0.2, 0.25) is 0 Å². The quantitative estimate of drug-likeness (QED) is 0.643. The van der Waals surface area contributed by atoms with Crippen molar-refractivity contribution in [3.8, 4) is 0 Å². The van der Waals surface area contributed by atoms with Gasteiger partial charge in [0.15, 0.2) is 0 Å². The smallest absolute Gasteiger partial charge is 0.128 e. The number of benzene rings is 1. The lowest BCUT2D eigenvalue weighted by Crippen LogP contribution is -2.33. The zero-order chi connectivity index (χ0) is 12.1. The molecule has 0 heterocycles. The fourth-order valence-corrected chi connectivity index (χ4v) is 2.31. The van der Waals surface area contributed by atoms with Crippen LogP contribution in [0.3, 0.4) is 0 Å². The Kier molecular flexibility index (Phi) is 5.38. The van der Waals surface area contributed by atoms with Gasteiger partial charge in [-0.1, -0.05) is 36.2 Å². The minimum Gasteiger partial charge on any atom is -0.271 e. The van der Waals surface area contributed by atoms with E-state index in [-0.39, 0.29) is 11.9 Å². The summed E-state index contributed by atoms with van der Waals surface area (Å²) in [6.45, 7) is 4.19. The van der Waals surface area contributed by atoms with Crippen LogP contribution in [0.25, 0.3) is 0 Å². The van der Waals surface area contributed by atoms with Gasteiger partial charge in [0.2, 0.25) is 0 Å². The average Bonchev–Trinajstić information content (AvgIpc) is 2.24. The summed E-state index contributed by atoms with van der Waals surface area (Å²) in [4.78, 5) is 0. The molecule has 0 aromatic heterocycles. The molecule has 2 nitrogen and oxygen atoms in total. The van der Waals surface area contributed by atoms with E-state index in [2.05, 4.69) is 35.2 Å². The molecular formula is C12H18BrFN2. The van der Waals surface area contributed by atoms with Crippen molar-refractivity contribution in [3.05, 3.63) is 34.1 Å². The first kappa shape index (κ1) is 13.6. The Hall–Kier alpha value is -0.450. The molecule has 0 aliphatic rings. The van der Waals surface area contributed by atoms with Crippen LogP contribution < -0.4 is 11.3 Å². The Bertz CT molecular complexity index is 344. The monoisotopic (exact) mass is 288 g/mol. The van der Waals surface area contributed by atoms with E-state index in [1.165, 1.54) is 6.07 Å². The third kappa shape index (κ3) is 3.27. The van der Waals surface area contributed by atoms with Crippen LogP contribution in [0.1, 0.15) is 38.3 Å². The first-order valence-electron chi connectivity index (χ1n) is 5.51. The van der Waals surface area contributed by atoms with Crippen LogP contribution in [0.15, 0.2) is 22.7 Å². The van der Waals surface area contributed by atoms with Crippen LogP contribution in [0.5, 0.6) is 0 Å². The molecule has 0 spiro atoms. The predicted octanol–water partition coefficient (Wildman–Crippen LogP) is 3.53. The number of nitrogens with one attached hydrogen (secondary N) is 1. The van der Waals surface area contributed by atoms with Gasteiger partial charge in [0, 0.05) is 10.0 Å². The summed E-state index contributed by atoms with van der Waals surface area (Å²) in [5.41, 5.74) is 3.33. The zero-order valence-electron chi connectivity index (χ0n) is 9.63. The molecule has 0 aliphatic carbocycles. The second kappa shape index (κ2) is 6.33. The predicted molar refractivity (Wildman–Crippen MR) is 68.2 cm³/mol. The van der Waals surface area contributed by atoms with Gasteiger partial charge in [-0.3, -0.25) is 11.3 Å². The molecular weight excluding hydrogens is 271 g/mol. The molecule has 0 bridgehead atoms. The Morgan fingerprint density at radius 1 is 1.50 bits per heavy atom. The lowest BCUT2D eigenvalue weighted by atomic mass is 9.91. The van der Waals surface area contributed by atoms with Gasteiger partial charge >= 0.3 is 0 Å². The molecule has 90 valence electrons. The maximum Gasteiger partial charge on any atom is 0.128 e. The lowest BCUT2D eigenvalue weighted by molar-refractivity contribution is 0.357. The molecule has 4 heteroatoms.